The van der Waals surface area contributed by atoms with Crippen molar-refractivity contribution in [3.8, 4) is 0 Å². The highest BCUT2D eigenvalue weighted by atomic mass is 16.2. The first-order chi connectivity index (χ1) is 9.61. The summed E-state index contributed by atoms with van der Waals surface area (Å²) < 4.78 is 0. The van der Waals surface area contributed by atoms with Crippen LogP contribution in [0.4, 0.5) is 0 Å². The van der Waals surface area contributed by atoms with Crippen LogP contribution >= 0.6 is 0 Å². The Morgan fingerprint density at radius 1 is 1.00 bits per heavy atom. The molecule has 118 valence electrons. The van der Waals surface area contributed by atoms with Crippen LogP contribution in [0.5, 0.6) is 0 Å². The van der Waals surface area contributed by atoms with E-state index in [9.17, 15) is 9.59 Å². The molecule has 5 nitrogen and oxygen atoms in total. The monoisotopic (exact) mass is 285 g/mol. The predicted octanol–water partition coefficient (Wildman–Crippen LogP) is 1.84. The van der Waals surface area contributed by atoms with E-state index in [0.717, 1.165) is 12.8 Å². The van der Waals surface area contributed by atoms with E-state index in [1.54, 1.807) is 0 Å². The van der Waals surface area contributed by atoms with Gasteiger partial charge < -0.3 is 16.8 Å². The predicted molar refractivity (Wildman–Crippen MR) is 82.0 cm³/mol. The topological polar surface area (TPSA) is 98.2 Å². The van der Waals surface area contributed by atoms with Gasteiger partial charge in [0.25, 0.3) is 0 Å². The fourth-order valence-corrected chi connectivity index (χ4v) is 2.12. The van der Waals surface area contributed by atoms with Crippen molar-refractivity contribution < 1.29 is 9.59 Å². The lowest BCUT2D eigenvalue weighted by atomic mass is 10.1. The number of rotatable bonds is 13. The fraction of sp³-hybridized carbons (Fsp3) is 0.867. The van der Waals surface area contributed by atoms with E-state index >= 15 is 0 Å². The van der Waals surface area contributed by atoms with Crippen LogP contribution in [0.25, 0.3) is 0 Å². The average Bonchev–Trinajstić information content (AvgIpc) is 2.42. The van der Waals surface area contributed by atoms with Gasteiger partial charge >= 0.3 is 0 Å². The smallest absolute Gasteiger partial charge is 0.240 e. The van der Waals surface area contributed by atoms with Gasteiger partial charge in [0, 0.05) is 6.42 Å². The van der Waals surface area contributed by atoms with Crippen LogP contribution in [0.15, 0.2) is 0 Å². The van der Waals surface area contributed by atoms with E-state index in [1.165, 1.54) is 32.1 Å². The summed E-state index contributed by atoms with van der Waals surface area (Å²) in [6.07, 6.45) is 9.88. The van der Waals surface area contributed by atoms with Crippen molar-refractivity contribution in [2.75, 3.05) is 6.54 Å². The highest BCUT2D eigenvalue weighted by Crippen LogP contribution is 2.08. The third kappa shape index (κ3) is 10.8. The van der Waals surface area contributed by atoms with Crippen molar-refractivity contribution in [1.82, 2.24) is 5.32 Å². The minimum absolute atomic E-state index is 0.0839. The van der Waals surface area contributed by atoms with Crippen LogP contribution in [0.1, 0.15) is 71.1 Å². The summed E-state index contributed by atoms with van der Waals surface area (Å²) in [5.74, 6) is -0.564. The number of amides is 2. The summed E-state index contributed by atoms with van der Waals surface area (Å²) in [5, 5.41) is 2.69. The van der Waals surface area contributed by atoms with E-state index < -0.39 is 11.9 Å². The Morgan fingerprint density at radius 3 is 2.15 bits per heavy atom. The van der Waals surface area contributed by atoms with Crippen molar-refractivity contribution in [3.63, 3.8) is 0 Å². The number of nitrogens with one attached hydrogen (secondary N) is 1. The van der Waals surface area contributed by atoms with Crippen molar-refractivity contribution in [2.45, 2.75) is 77.2 Å². The van der Waals surface area contributed by atoms with E-state index in [0.29, 0.717) is 25.8 Å². The number of hydrogen-bond acceptors (Lipinski definition) is 3. The molecule has 0 aliphatic heterocycles. The van der Waals surface area contributed by atoms with E-state index in [4.69, 9.17) is 11.5 Å². The Kier molecular flexibility index (Phi) is 12.2. The normalized spacial score (nSPS) is 12.1. The fourth-order valence-electron chi connectivity index (χ4n) is 2.12. The molecule has 2 amide bonds. The molecule has 1 atom stereocenters. The molecule has 0 aromatic carbocycles. The zero-order valence-electron chi connectivity index (χ0n) is 12.8. The molecule has 0 aromatic heterocycles. The molecule has 0 fully saturated rings. The highest BCUT2D eigenvalue weighted by Gasteiger charge is 2.16. The summed E-state index contributed by atoms with van der Waals surface area (Å²) in [6.45, 7) is 2.70. The molecule has 0 bridgehead atoms. The second kappa shape index (κ2) is 12.9. The summed E-state index contributed by atoms with van der Waals surface area (Å²) in [6, 6.07) is -0.574. The highest BCUT2D eigenvalue weighted by molar-refractivity contribution is 5.86. The molecule has 0 aliphatic carbocycles. The maximum Gasteiger partial charge on any atom is 0.240 e. The zero-order chi connectivity index (χ0) is 15.2. The van der Waals surface area contributed by atoms with Crippen LogP contribution in [0, 0.1) is 0 Å². The lowest BCUT2D eigenvalue weighted by Crippen LogP contribution is -2.44. The second-order valence-corrected chi connectivity index (χ2v) is 5.32. The molecular weight excluding hydrogens is 254 g/mol. The van der Waals surface area contributed by atoms with Crippen molar-refractivity contribution in [2.24, 2.45) is 11.5 Å². The number of unbranched alkanes of at least 4 members (excludes halogenated alkanes) is 6. The van der Waals surface area contributed by atoms with Gasteiger partial charge in [-0.3, -0.25) is 9.59 Å². The van der Waals surface area contributed by atoms with Gasteiger partial charge in [-0.2, -0.15) is 0 Å². The summed E-state index contributed by atoms with van der Waals surface area (Å²) in [7, 11) is 0. The third-order valence-electron chi connectivity index (χ3n) is 3.38. The lowest BCUT2D eigenvalue weighted by molar-refractivity contribution is -0.127. The second-order valence-electron chi connectivity index (χ2n) is 5.32. The Bertz CT molecular complexity index is 270. The number of nitrogens with two attached hydrogens (primary N) is 2. The summed E-state index contributed by atoms with van der Waals surface area (Å²) in [4.78, 5) is 22.9. The molecule has 0 heterocycles. The van der Waals surface area contributed by atoms with Crippen LogP contribution in [0.3, 0.4) is 0 Å². The minimum atomic E-state index is -0.574. The largest absolute Gasteiger partial charge is 0.368 e. The molecule has 0 saturated carbocycles. The van der Waals surface area contributed by atoms with Crippen LogP contribution in [0.2, 0.25) is 0 Å². The number of carbonyl (C=O) groups excluding carboxylic acids is 2. The lowest BCUT2D eigenvalue weighted by Gasteiger charge is -2.14. The minimum Gasteiger partial charge on any atom is -0.368 e. The Hall–Kier alpha value is -1.10. The Labute approximate surface area is 122 Å². The standard InChI is InChI=1S/C15H31N3O2/c1-2-3-4-5-6-7-8-11-14(19)18-13(15(17)20)10-9-12-16/h13H,2-12,16H2,1H3,(H2,17,20)(H,18,19). The summed E-state index contributed by atoms with van der Waals surface area (Å²) >= 11 is 0. The molecule has 20 heavy (non-hydrogen) atoms. The Morgan fingerprint density at radius 2 is 1.60 bits per heavy atom. The first kappa shape index (κ1) is 18.9. The summed E-state index contributed by atoms with van der Waals surface area (Å²) in [5.41, 5.74) is 10.6. The number of hydrogen-bond donors (Lipinski definition) is 3. The average molecular weight is 285 g/mol. The van der Waals surface area contributed by atoms with Gasteiger partial charge in [0.15, 0.2) is 0 Å². The molecule has 5 heteroatoms. The van der Waals surface area contributed by atoms with Gasteiger partial charge in [0.05, 0.1) is 0 Å². The first-order valence-corrected chi connectivity index (χ1v) is 7.90. The van der Waals surface area contributed by atoms with Crippen molar-refractivity contribution >= 4 is 11.8 Å². The van der Waals surface area contributed by atoms with Crippen LogP contribution in [-0.4, -0.2) is 24.4 Å². The molecule has 0 aliphatic rings. The molecular formula is C15H31N3O2. The maximum atomic E-state index is 11.7. The number of primary amides is 1. The third-order valence-corrected chi connectivity index (χ3v) is 3.38. The van der Waals surface area contributed by atoms with Gasteiger partial charge in [-0.05, 0) is 25.8 Å². The molecule has 0 rings (SSSR count). The van der Waals surface area contributed by atoms with E-state index in [2.05, 4.69) is 12.2 Å². The molecule has 0 saturated heterocycles. The van der Waals surface area contributed by atoms with Gasteiger partial charge in [0.2, 0.25) is 11.8 Å². The molecule has 0 aromatic rings. The van der Waals surface area contributed by atoms with Gasteiger partial charge in [-0.1, -0.05) is 45.4 Å². The quantitative estimate of drug-likeness (QED) is 0.450. The van der Waals surface area contributed by atoms with E-state index in [1.807, 2.05) is 0 Å². The van der Waals surface area contributed by atoms with Gasteiger partial charge in [-0.15, -0.1) is 0 Å². The van der Waals surface area contributed by atoms with Gasteiger partial charge in [0.1, 0.15) is 6.04 Å². The van der Waals surface area contributed by atoms with Gasteiger partial charge in [-0.25, -0.2) is 0 Å². The van der Waals surface area contributed by atoms with Crippen LogP contribution < -0.4 is 16.8 Å². The molecule has 0 radical (unpaired) electrons. The Balaban J connectivity index is 3.66. The molecule has 1 unspecified atom stereocenters. The van der Waals surface area contributed by atoms with E-state index in [-0.39, 0.29) is 5.91 Å². The maximum absolute atomic E-state index is 11.7. The molecule has 0 spiro atoms. The number of carbonyl (C=O) groups is 2. The van der Waals surface area contributed by atoms with Crippen molar-refractivity contribution in [1.29, 1.82) is 0 Å². The SMILES string of the molecule is CCCCCCCCCC(=O)NC(CCCN)C(N)=O. The van der Waals surface area contributed by atoms with Crippen LogP contribution in [-0.2, 0) is 9.59 Å². The zero-order valence-corrected chi connectivity index (χ0v) is 12.8. The first-order valence-electron chi connectivity index (χ1n) is 7.90. The molecule has 5 N–H and O–H groups in total. The van der Waals surface area contributed by atoms with Crippen molar-refractivity contribution in [3.05, 3.63) is 0 Å².